The summed E-state index contributed by atoms with van der Waals surface area (Å²) in [5, 5.41) is 8.08. The van der Waals surface area contributed by atoms with Crippen molar-refractivity contribution in [1.29, 1.82) is 0 Å². The Kier molecular flexibility index (Phi) is 7.87. The van der Waals surface area contributed by atoms with E-state index in [4.69, 9.17) is 9.84 Å². The van der Waals surface area contributed by atoms with Gasteiger partial charge in [-0.15, -0.1) is 11.8 Å². The minimum absolute atomic E-state index is 0.0379. The molecule has 5 rings (SSSR count). The topological polar surface area (TPSA) is 76.5 Å². The molecule has 2 aliphatic rings. The Morgan fingerprint density at radius 3 is 2.54 bits per heavy atom. The van der Waals surface area contributed by atoms with E-state index in [2.05, 4.69) is 63.3 Å². The number of hydrogen-bond acceptors (Lipinski definition) is 5. The van der Waals surface area contributed by atoms with Crippen molar-refractivity contribution in [3.05, 3.63) is 76.5 Å². The highest BCUT2D eigenvalue weighted by atomic mass is 32.2. The minimum Gasteiger partial charge on any atom is -0.376 e. The van der Waals surface area contributed by atoms with Crippen LogP contribution in [0.5, 0.6) is 0 Å². The normalized spacial score (nSPS) is 19.6. The number of carbonyl (C=O) groups excluding carboxylic acids is 2. The number of aromatic nitrogens is 2. The predicted octanol–water partition coefficient (Wildman–Crippen LogP) is 5.25. The highest BCUT2D eigenvalue weighted by Crippen LogP contribution is 2.48. The van der Waals surface area contributed by atoms with Crippen LogP contribution in [-0.4, -0.2) is 53.1 Å². The van der Waals surface area contributed by atoms with Crippen molar-refractivity contribution >= 4 is 29.4 Å². The van der Waals surface area contributed by atoms with Crippen LogP contribution in [-0.2, 0) is 19.7 Å². The fourth-order valence-corrected chi connectivity index (χ4v) is 6.53. The summed E-state index contributed by atoms with van der Waals surface area (Å²) in [6, 6.07) is 16.6. The van der Waals surface area contributed by atoms with E-state index in [0.29, 0.717) is 12.4 Å². The SMILES string of the molecule is Cc1cccc(C2SCC(=O)N(CC(=O)NCC3CCCO3)c3c2c(C(C)(C)C)nn3-c2cccc(C)c2)c1. The third kappa shape index (κ3) is 5.92. The average Bonchev–Trinajstić information content (AvgIpc) is 3.52. The molecule has 1 aromatic heterocycles. The molecule has 1 N–H and O–H groups in total. The Bertz CT molecular complexity index is 1370. The van der Waals surface area contributed by atoms with Gasteiger partial charge in [0.2, 0.25) is 11.8 Å². The molecule has 2 amide bonds. The fraction of sp³-hybridized carbons (Fsp3) is 0.452. The van der Waals surface area contributed by atoms with Crippen LogP contribution >= 0.6 is 11.8 Å². The van der Waals surface area contributed by atoms with Gasteiger partial charge in [0.25, 0.3) is 0 Å². The van der Waals surface area contributed by atoms with Crippen molar-refractivity contribution in [3.63, 3.8) is 0 Å². The maximum atomic E-state index is 13.8. The summed E-state index contributed by atoms with van der Waals surface area (Å²) in [4.78, 5) is 28.7. The molecule has 3 aromatic rings. The third-order valence-corrected chi connectivity index (χ3v) is 8.50. The van der Waals surface area contributed by atoms with Gasteiger partial charge in [-0.05, 0) is 49.9 Å². The van der Waals surface area contributed by atoms with E-state index in [0.717, 1.165) is 47.5 Å². The van der Waals surface area contributed by atoms with Gasteiger partial charge in [0.1, 0.15) is 12.4 Å². The van der Waals surface area contributed by atoms with Crippen LogP contribution in [0.2, 0.25) is 0 Å². The molecule has 3 heterocycles. The Hall–Kier alpha value is -3.10. The molecule has 0 spiro atoms. The summed E-state index contributed by atoms with van der Waals surface area (Å²) in [7, 11) is 0. The van der Waals surface area contributed by atoms with Crippen LogP contribution in [0.25, 0.3) is 5.69 Å². The number of carbonyl (C=O) groups is 2. The van der Waals surface area contributed by atoms with Crippen molar-refractivity contribution in [1.82, 2.24) is 15.1 Å². The Labute approximate surface area is 235 Å². The number of nitrogens with one attached hydrogen (secondary N) is 1. The van der Waals surface area contributed by atoms with E-state index in [1.807, 2.05) is 29.8 Å². The second-order valence-electron chi connectivity index (χ2n) is 11.6. The molecule has 1 fully saturated rings. The molecule has 2 unspecified atom stereocenters. The predicted molar refractivity (Wildman–Crippen MR) is 157 cm³/mol. The quantitative estimate of drug-likeness (QED) is 0.457. The number of nitrogens with zero attached hydrogens (tertiary/aromatic N) is 3. The number of fused-ring (bicyclic) bond motifs is 1. The van der Waals surface area contributed by atoms with Crippen LogP contribution in [0, 0.1) is 13.8 Å². The first kappa shape index (κ1) is 27.5. The number of benzene rings is 2. The summed E-state index contributed by atoms with van der Waals surface area (Å²) in [5.74, 6) is 0.652. The molecule has 0 bridgehead atoms. The number of hydrogen-bond donors (Lipinski definition) is 1. The summed E-state index contributed by atoms with van der Waals surface area (Å²) in [5.41, 5.74) is 5.90. The van der Waals surface area contributed by atoms with Crippen LogP contribution in [0.15, 0.2) is 48.5 Å². The monoisotopic (exact) mass is 546 g/mol. The van der Waals surface area contributed by atoms with Crippen molar-refractivity contribution in [2.45, 2.75) is 64.2 Å². The van der Waals surface area contributed by atoms with Gasteiger partial charge in [0.05, 0.1) is 28.5 Å². The Morgan fingerprint density at radius 2 is 1.87 bits per heavy atom. The van der Waals surface area contributed by atoms with Gasteiger partial charge in [0, 0.05) is 24.1 Å². The number of aryl methyl sites for hydroxylation is 2. The van der Waals surface area contributed by atoms with E-state index in [1.165, 1.54) is 5.56 Å². The van der Waals surface area contributed by atoms with Gasteiger partial charge in [-0.1, -0.05) is 62.7 Å². The van der Waals surface area contributed by atoms with Crippen LogP contribution in [0.3, 0.4) is 0 Å². The summed E-state index contributed by atoms with van der Waals surface area (Å²) in [6.07, 6.45) is 1.99. The van der Waals surface area contributed by atoms with Gasteiger partial charge in [-0.2, -0.15) is 5.10 Å². The number of amides is 2. The van der Waals surface area contributed by atoms with E-state index in [-0.39, 0.29) is 40.9 Å². The standard InChI is InChI=1S/C31H38N4O3S/c1-20-9-6-11-22(15-20)28-27-29(31(3,4)5)33-35(23-12-7-10-21(2)16-23)30(27)34(26(37)19-39-28)18-25(36)32-17-24-13-8-14-38-24/h6-7,9-12,15-16,24,28H,8,13-14,17-19H2,1-5H3,(H,32,36). The molecular weight excluding hydrogens is 508 g/mol. The van der Waals surface area contributed by atoms with Gasteiger partial charge < -0.3 is 10.1 Å². The molecule has 0 radical (unpaired) electrons. The summed E-state index contributed by atoms with van der Waals surface area (Å²) >= 11 is 1.61. The van der Waals surface area contributed by atoms with Crippen molar-refractivity contribution in [3.8, 4) is 5.69 Å². The first-order valence-electron chi connectivity index (χ1n) is 13.7. The fourth-order valence-electron chi connectivity index (χ4n) is 5.34. The number of thioether (sulfide) groups is 1. The van der Waals surface area contributed by atoms with Crippen LogP contribution in [0.1, 0.15) is 66.8 Å². The lowest BCUT2D eigenvalue weighted by molar-refractivity contribution is -0.123. The molecule has 2 atom stereocenters. The molecule has 8 heteroatoms. The zero-order valence-corrected chi connectivity index (χ0v) is 24.3. The Balaban J connectivity index is 1.65. The molecule has 206 valence electrons. The zero-order valence-electron chi connectivity index (χ0n) is 23.5. The summed E-state index contributed by atoms with van der Waals surface area (Å²) < 4.78 is 7.56. The highest BCUT2D eigenvalue weighted by molar-refractivity contribution is 8.00. The van der Waals surface area contributed by atoms with Crippen LogP contribution in [0.4, 0.5) is 5.82 Å². The third-order valence-electron chi connectivity index (χ3n) is 7.24. The van der Waals surface area contributed by atoms with Crippen molar-refractivity contribution in [2.24, 2.45) is 0 Å². The van der Waals surface area contributed by atoms with E-state index in [1.54, 1.807) is 16.7 Å². The first-order chi connectivity index (χ1) is 18.6. The van der Waals surface area contributed by atoms with Gasteiger partial charge in [-0.3, -0.25) is 14.5 Å². The molecule has 7 nitrogen and oxygen atoms in total. The van der Waals surface area contributed by atoms with Crippen molar-refractivity contribution in [2.75, 3.05) is 30.3 Å². The second kappa shape index (κ2) is 11.2. The van der Waals surface area contributed by atoms with Crippen molar-refractivity contribution < 1.29 is 14.3 Å². The smallest absolute Gasteiger partial charge is 0.240 e. The average molecular weight is 547 g/mol. The first-order valence-corrected chi connectivity index (χ1v) is 14.7. The number of anilines is 1. The van der Waals surface area contributed by atoms with E-state index < -0.39 is 0 Å². The minimum atomic E-state index is -0.289. The van der Waals surface area contributed by atoms with Crippen LogP contribution < -0.4 is 10.2 Å². The molecule has 2 aromatic carbocycles. The second-order valence-corrected chi connectivity index (χ2v) is 12.7. The lowest BCUT2D eigenvalue weighted by atomic mass is 9.87. The maximum Gasteiger partial charge on any atom is 0.240 e. The molecule has 0 aliphatic carbocycles. The highest BCUT2D eigenvalue weighted by Gasteiger charge is 2.40. The lowest BCUT2D eigenvalue weighted by Crippen LogP contribution is -2.44. The molecule has 39 heavy (non-hydrogen) atoms. The summed E-state index contributed by atoms with van der Waals surface area (Å²) in [6.45, 7) is 11.7. The van der Waals surface area contributed by atoms with Gasteiger partial charge in [-0.25, -0.2) is 4.68 Å². The Morgan fingerprint density at radius 1 is 1.13 bits per heavy atom. The number of ether oxygens (including phenoxy) is 1. The van der Waals surface area contributed by atoms with Gasteiger partial charge >= 0.3 is 0 Å². The lowest BCUT2D eigenvalue weighted by Gasteiger charge is -2.25. The number of rotatable bonds is 6. The zero-order chi connectivity index (χ0) is 27.7. The molecule has 0 saturated carbocycles. The maximum absolute atomic E-state index is 13.8. The van der Waals surface area contributed by atoms with E-state index >= 15 is 0 Å². The van der Waals surface area contributed by atoms with E-state index in [9.17, 15) is 9.59 Å². The van der Waals surface area contributed by atoms with Gasteiger partial charge in [0.15, 0.2) is 0 Å². The molecule has 2 aliphatic heterocycles. The largest absolute Gasteiger partial charge is 0.376 e. The molecular formula is C31H38N4O3S. The molecule has 1 saturated heterocycles.